The zero-order valence-corrected chi connectivity index (χ0v) is 24.5. The molecule has 1 radical (unpaired) electrons. The molecule has 9 rings (SSSR count). The quantitative estimate of drug-likeness (QED) is 0.213. The van der Waals surface area contributed by atoms with Crippen molar-refractivity contribution in [2.45, 2.75) is 26.5 Å². The number of nitrogens with one attached hydrogen (secondary N) is 1. The Morgan fingerprint density at radius 1 is 0.619 bits per heavy atom. The zero-order chi connectivity index (χ0) is 27.8. The Bertz CT molecular complexity index is 2220. The predicted molar refractivity (Wildman–Crippen MR) is 180 cm³/mol. The zero-order valence-electron chi connectivity index (χ0n) is 22.9. The van der Waals surface area contributed by atoms with E-state index in [2.05, 4.69) is 145 Å². The van der Waals surface area contributed by atoms with Crippen LogP contribution in [0.1, 0.15) is 5.56 Å². The summed E-state index contributed by atoms with van der Waals surface area (Å²) in [7, 11) is 2.40. The Morgan fingerprint density at radius 3 is 2.17 bits per heavy atom. The van der Waals surface area contributed by atoms with Crippen LogP contribution in [0, 0.1) is 6.92 Å². The van der Waals surface area contributed by atoms with E-state index in [1.54, 1.807) is 0 Å². The molecule has 5 heteroatoms. The number of anilines is 2. The predicted octanol–water partition coefficient (Wildman–Crippen LogP) is 9.09. The molecule has 42 heavy (non-hydrogen) atoms. The fraction of sp³-hybridized carbons (Fsp3) is 0.0270. The van der Waals surface area contributed by atoms with Gasteiger partial charge in [0.15, 0.2) is 7.28 Å². The number of hydrogen-bond donors (Lipinski definition) is 1. The number of benzene rings is 6. The second-order valence-electron chi connectivity index (χ2n) is 11.0. The normalized spacial score (nSPS) is 12.9. The van der Waals surface area contributed by atoms with E-state index in [1.807, 2.05) is 23.5 Å². The van der Waals surface area contributed by atoms with Gasteiger partial charge in [0, 0.05) is 58.5 Å². The molecule has 6 aromatic carbocycles. The molecular formula is C37H24BN2S2. The summed E-state index contributed by atoms with van der Waals surface area (Å²) in [6.45, 7) is 2.22. The lowest BCUT2D eigenvalue weighted by Crippen LogP contribution is -2.37. The molecule has 2 aliphatic heterocycles. The first-order valence-electron chi connectivity index (χ1n) is 14.2. The van der Waals surface area contributed by atoms with Crippen LogP contribution >= 0.6 is 23.5 Å². The second kappa shape index (κ2) is 9.35. The molecule has 0 spiro atoms. The molecule has 0 unspecified atom stereocenters. The van der Waals surface area contributed by atoms with Crippen LogP contribution in [0.25, 0.3) is 38.6 Å². The lowest BCUT2D eigenvalue weighted by Gasteiger charge is -2.26. The van der Waals surface area contributed by atoms with Crippen LogP contribution in [0.15, 0.2) is 141 Å². The van der Waals surface area contributed by atoms with Gasteiger partial charge in [-0.3, -0.25) is 0 Å². The topological polar surface area (TPSA) is 17.0 Å². The number of fused-ring (bicyclic) bond motifs is 7. The lowest BCUT2D eigenvalue weighted by atomic mass is 9.59. The monoisotopic (exact) mass is 571 g/mol. The minimum absolute atomic E-state index is 1.08. The first-order valence-corrected chi connectivity index (χ1v) is 15.8. The molecule has 3 heterocycles. The smallest absolute Gasteiger partial charge is 0.197 e. The number of aryl methyl sites for hydroxylation is 1. The Labute approximate surface area is 254 Å². The molecule has 2 aliphatic rings. The van der Waals surface area contributed by atoms with Crippen molar-refractivity contribution in [3.63, 3.8) is 0 Å². The first kappa shape index (κ1) is 24.3. The number of hydrogen-bond acceptors (Lipinski definition) is 3. The minimum Gasteiger partial charge on any atom is -0.355 e. The molecule has 7 aromatic rings. The van der Waals surface area contributed by atoms with Crippen molar-refractivity contribution in [3.8, 4) is 16.8 Å². The summed E-state index contributed by atoms with van der Waals surface area (Å²) in [4.78, 5) is 5.22. The third kappa shape index (κ3) is 3.70. The van der Waals surface area contributed by atoms with Crippen LogP contribution in [0.3, 0.4) is 0 Å². The molecule has 0 aliphatic carbocycles. The van der Waals surface area contributed by atoms with Gasteiger partial charge in [-0.2, -0.15) is 0 Å². The molecule has 0 amide bonds. The van der Waals surface area contributed by atoms with E-state index >= 15 is 0 Å². The highest BCUT2D eigenvalue weighted by Crippen LogP contribution is 2.51. The van der Waals surface area contributed by atoms with Crippen molar-refractivity contribution in [1.29, 1.82) is 0 Å². The fourth-order valence-corrected chi connectivity index (χ4v) is 8.76. The molecule has 0 fully saturated rings. The van der Waals surface area contributed by atoms with Crippen molar-refractivity contribution in [3.05, 3.63) is 127 Å². The first-order chi connectivity index (χ1) is 20.7. The maximum atomic E-state index is 3.79. The summed E-state index contributed by atoms with van der Waals surface area (Å²) in [5.41, 5.74) is 12.2. The van der Waals surface area contributed by atoms with Gasteiger partial charge in [-0.05, 0) is 72.0 Å². The van der Waals surface area contributed by atoms with Crippen molar-refractivity contribution in [2.75, 3.05) is 5.32 Å². The van der Waals surface area contributed by atoms with Gasteiger partial charge in [0.25, 0.3) is 0 Å². The van der Waals surface area contributed by atoms with Crippen molar-refractivity contribution >= 4 is 74.9 Å². The molecule has 0 atom stereocenters. The van der Waals surface area contributed by atoms with Gasteiger partial charge in [-0.15, -0.1) is 0 Å². The molecule has 1 N–H and O–H groups in total. The molecular weight excluding hydrogens is 547 g/mol. The summed E-state index contributed by atoms with van der Waals surface area (Å²) in [5.74, 6) is 0. The number of rotatable bonds is 3. The van der Waals surface area contributed by atoms with Gasteiger partial charge < -0.3 is 9.88 Å². The van der Waals surface area contributed by atoms with Crippen molar-refractivity contribution in [2.24, 2.45) is 0 Å². The number of nitrogens with zero attached hydrogens (tertiary/aromatic N) is 1. The highest BCUT2D eigenvalue weighted by molar-refractivity contribution is 8.05. The average Bonchev–Trinajstić information content (AvgIpc) is 3.36. The van der Waals surface area contributed by atoms with Gasteiger partial charge in [-0.25, -0.2) is 0 Å². The van der Waals surface area contributed by atoms with E-state index in [1.165, 1.54) is 74.7 Å². The van der Waals surface area contributed by atoms with E-state index in [-0.39, 0.29) is 0 Å². The SMILES string of the molecule is Cc1cc(-c2cc3c(cc2Nc2ccccc2)Sc2ccccc2S3)c2c(c1)-n1c3ccccc3c3cccc(c31)[B]2. The van der Waals surface area contributed by atoms with E-state index in [4.69, 9.17) is 0 Å². The largest absolute Gasteiger partial charge is 0.355 e. The average molecular weight is 572 g/mol. The fourth-order valence-electron chi connectivity index (χ4n) is 6.48. The summed E-state index contributed by atoms with van der Waals surface area (Å²) in [6, 6.07) is 44.2. The summed E-state index contributed by atoms with van der Waals surface area (Å²) >= 11 is 3.73. The Balaban J connectivity index is 1.31. The van der Waals surface area contributed by atoms with Gasteiger partial charge in [0.05, 0.1) is 5.52 Å². The standard InChI is InChI=1S/C37H24BN2S2/c1-22-18-27(36-31(19-22)40-30-15-6-5-12-24(30)25-13-9-14-28(38-36)37(25)40)26-20-34-35(42-33-17-8-7-16-32(33)41-34)21-29(26)39-23-10-3-2-4-11-23/h2-21,39H,1H3. The van der Waals surface area contributed by atoms with Crippen LogP contribution in [0.2, 0.25) is 0 Å². The molecule has 1 aromatic heterocycles. The van der Waals surface area contributed by atoms with E-state index in [9.17, 15) is 0 Å². The summed E-state index contributed by atoms with van der Waals surface area (Å²) in [6.07, 6.45) is 0. The van der Waals surface area contributed by atoms with Gasteiger partial charge in [-0.1, -0.05) is 102 Å². The summed E-state index contributed by atoms with van der Waals surface area (Å²) < 4.78 is 2.48. The number of para-hydroxylation sites is 3. The van der Waals surface area contributed by atoms with Gasteiger partial charge >= 0.3 is 0 Å². The number of aromatic nitrogens is 1. The van der Waals surface area contributed by atoms with Crippen LogP contribution in [-0.2, 0) is 0 Å². The third-order valence-corrected chi connectivity index (χ3v) is 10.8. The Hall–Kier alpha value is -4.32. The van der Waals surface area contributed by atoms with Gasteiger partial charge in [0.1, 0.15) is 0 Å². The van der Waals surface area contributed by atoms with E-state index in [0.29, 0.717) is 0 Å². The highest BCUT2D eigenvalue weighted by Gasteiger charge is 2.27. The van der Waals surface area contributed by atoms with Gasteiger partial charge in [0.2, 0.25) is 0 Å². The van der Waals surface area contributed by atoms with Crippen LogP contribution < -0.4 is 16.2 Å². The maximum absolute atomic E-state index is 3.79. The molecule has 197 valence electrons. The van der Waals surface area contributed by atoms with E-state index < -0.39 is 0 Å². The lowest BCUT2D eigenvalue weighted by molar-refractivity contribution is 1.16. The van der Waals surface area contributed by atoms with E-state index in [0.717, 1.165) is 11.4 Å². The minimum atomic E-state index is 1.08. The third-order valence-electron chi connectivity index (χ3n) is 8.29. The van der Waals surface area contributed by atoms with Crippen LogP contribution in [0.5, 0.6) is 0 Å². The highest BCUT2D eigenvalue weighted by atomic mass is 32.2. The van der Waals surface area contributed by atoms with Crippen molar-refractivity contribution < 1.29 is 0 Å². The Kier molecular flexibility index (Phi) is 5.41. The van der Waals surface area contributed by atoms with Crippen LogP contribution in [-0.4, -0.2) is 11.8 Å². The molecule has 2 nitrogen and oxygen atoms in total. The Morgan fingerprint density at radius 2 is 1.33 bits per heavy atom. The summed E-state index contributed by atoms with van der Waals surface area (Å²) in [5, 5.41) is 6.39. The van der Waals surface area contributed by atoms with Crippen LogP contribution in [0.4, 0.5) is 11.4 Å². The molecule has 0 saturated carbocycles. The molecule has 0 bridgehead atoms. The maximum Gasteiger partial charge on any atom is 0.197 e. The van der Waals surface area contributed by atoms with Crippen molar-refractivity contribution in [1.82, 2.24) is 4.57 Å². The molecule has 0 saturated heterocycles. The second-order valence-corrected chi connectivity index (χ2v) is 13.1.